The van der Waals surface area contributed by atoms with Gasteiger partial charge in [-0.1, -0.05) is 18.2 Å². The zero-order valence-corrected chi connectivity index (χ0v) is 20.5. The van der Waals surface area contributed by atoms with Crippen molar-refractivity contribution in [1.29, 1.82) is 0 Å². The summed E-state index contributed by atoms with van der Waals surface area (Å²) in [4.78, 5) is 28.6. The van der Waals surface area contributed by atoms with Gasteiger partial charge in [-0.3, -0.25) is 9.59 Å². The molecule has 1 aliphatic heterocycles. The van der Waals surface area contributed by atoms with Gasteiger partial charge in [0.15, 0.2) is 0 Å². The van der Waals surface area contributed by atoms with E-state index in [4.69, 9.17) is 4.74 Å². The highest BCUT2D eigenvalue weighted by Crippen LogP contribution is 2.34. The molecule has 0 saturated carbocycles. The molecule has 7 nitrogen and oxygen atoms in total. The molecule has 0 radical (unpaired) electrons. The van der Waals surface area contributed by atoms with Gasteiger partial charge in [-0.25, -0.2) is 0 Å². The van der Waals surface area contributed by atoms with Gasteiger partial charge in [-0.05, 0) is 64.8 Å². The lowest BCUT2D eigenvalue weighted by Crippen LogP contribution is -2.32. The predicted molar refractivity (Wildman–Crippen MR) is 134 cm³/mol. The van der Waals surface area contributed by atoms with Crippen molar-refractivity contribution in [3.05, 3.63) is 63.2 Å². The molecule has 178 valence electrons. The molecule has 3 N–H and O–H groups in total. The molecule has 1 aliphatic rings. The standard InChI is InChI=1S/C25H32N4O3.ClH/c1-15-13-22(32-4)20(24(30)28-15)14-27-25(31)23-17(3)29(21-8-6-5-7-19(21)23)16(2)18-9-11-26-12-10-18;/h5-8,13,16,18,26H,9-12,14H2,1-4H3,(H,27,31)(H,28,30);1H/t16-;/m1./s1. The van der Waals surface area contributed by atoms with Gasteiger partial charge in [0.05, 0.1) is 24.8 Å². The number of aryl methyl sites for hydroxylation is 1. The number of ether oxygens (including phenoxy) is 1. The molecule has 1 aromatic carbocycles. The van der Waals surface area contributed by atoms with Crippen molar-refractivity contribution in [3.63, 3.8) is 0 Å². The molecule has 4 rings (SSSR count). The zero-order chi connectivity index (χ0) is 22.8. The van der Waals surface area contributed by atoms with Gasteiger partial charge in [0, 0.05) is 28.3 Å². The van der Waals surface area contributed by atoms with Gasteiger partial charge in [-0.15, -0.1) is 12.4 Å². The van der Waals surface area contributed by atoms with Crippen molar-refractivity contribution in [3.8, 4) is 5.75 Å². The number of benzene rings is 1. The lowest BCUT2D eigenvalue weighted by Gasteiger charge is -2.30. The van der Waals surface area contributed by atoms with Crippen molar-refractivity contribution in [2.75, 3.05) is 20.2 Å². The molecule has 3 heterocycles. The number of nitrogens with zero attached hydrogens (tertiary/aromatic N) is 1. The summed E-state index contributed by atoms with van der Waals surface area (Å²) in [6.07, 6.45) is 2.26. The lowest BCUT2D eigenvalue weighted by molar-refractivity contribution is 0.0951. The summed E-state index contributed by atoms with van der Waals surface area (Å²) >= 11 is 0. The average molecular weight is 473 g/mol. The highest BCUT2D eigenvalue weighted by molar-refractivity contribution is 6.08. The normalized spacial score (nSPS) is 15.2. The number of para-hydroxylation sites is 1. The number of fused-ring (bicyclic) bond motifs is 1. The fourth-order valence-corrected chi connectivity index (χ4v) is 5.03. The topological polar surface area (TPSA) is 88.2 Å². The third kappa shape index (κ3) is 4.80. The minimum atomic E-state index is -0.249. The van der Waals surface area contributed by atoms with Crippen LogP contribution >= 0.6 is 12.4 Å². The summed E-state index contributed by atoms with van der Waals surface area (Å²) in [5.74, 6) is 0.860. The number of halogens is 1. The second kappa shape index (κ2) is 10.4. The van der Waals surface area contributed by atoms with E-state index in [2.05, 4.69) is 33.2 Å². The molecular weight excluding hydrogens is 440 g/mol. The highest BCUT2D eigenvalue weighted by atomic mass is 35.5. The van der Waals surface area contributed by atoms with Crippen molar-refractivity contribution in [2.24, 2.45) is 5.92 Å². The summed E-state index contributed by atoms with van der Waals surface area (Å²) in [6, 6.07) is 10.1. The number of carbonyl (C=O) groups excluding carboxylic acids is 1. The number of H-pyrrole nitrogens is 1. The number of piperidine rings is 1. The Morgan fingerprint density at radius 2 is 1.94 bits per heavy atom. The van der Waals surface area contributed by atoms with Crippen LogP contribution in [0.5, 0.6) is 5.75 Å². The van der Waals surface area contributed by atoms with Crippen LogP contribution in [-0.2, 0) is 6.54 Å². The van der Waals surface area contributed by atoms with Gasteiger partial charge in [0.2, 0.25) is 0 Å². The highest BCUT2D eigenvalue weighted by Gasteiger charge is 2.27. The number of pyridine rings is 1. The fraction of sp³-hybridized carbons (Fsp3) is 0.440. The van der Waals surface area contributed by atoms with E-state index >= 15 is 0 Å². The lowest BCUT2D eigenvalue weighted by atomic mass is 9.91. The molecule has 1 fully saturated rings. The van der Waals surface area contributed by atoms with Crippen molar-refractivity contribution in [2.45, 2.75) is 46.2 Å². The van der Waals surface area contributed by atoms with Crippen LogP contribution in [0, 0.1) is 19.8 Å². The van der Waals surface area contributed by atoms with Crippen molar-refractivity contribution < 1.29 is 9.53 Å². The molecule has 33 heavy (non-hydrogen) atoms. The molecule has 8 heteroatoms. The number of methoxy groups -OCH3 is 1. The minimum absolute atomic E-state index is 0. The zero-order valence-electron chi connectivity index (χ0n) is 19.7. The first kappa shape index (κ1) is 24.9. The first-order chi connectivity index (χ1) is 15.4. The maximum absolute atomic E-state index is 13.4. The van der Waals surface area contributed by atoms with Crippen LogP contribution in [0.3, 0.4) is 0 Å². The second-order valence-electron chi connectivity index (χ2n) is 8.69. The Hall–Kier alpha value is -2.77. The Balaban J connectivity index is 0.00000306. The van der Waals surface area contributed by atoms with Gasteiger partial charge in [0.25, 0.3) is 11.5 Å². The largest absolute Gasteiger partial charge is 0.496 e. The molecule has 0 unspecified atom stereocenters. The van der Waals surface area contributed by atoms with Crippen LogP contribution in [0.1, 0.15) is 53.1 Å². The van der Waals surface area contributed by atoms with Crippen LogP contribution in [0.25, 0.3) is 10.9 Å². The van der Waals surface area contributed by atoms with Gasteiger partial charge in [-0.2, -0.15) is 0 Å². The summed E-state index contributed by atoms with van der Waals surface area (Å²) in [6.45, 7) is 8.25. The van der Waals surface area contributed by atoms with E-state index in [0.29, 0.717) is 34.5 Å². The van der Waals surface area contributed by atoms with Crippen LogP contribution in [-0.4, -0.2) is 35.7 Å². The van der Waals surface area contributed by atoms with Crippen LogP contribution in [0.4, 0.5) is 0 Å². The molecule has 0 aliphatic carbocycles. The summed E-state index contributed by atoms with van der Waals surface area (Å²) < 4.78 is 7.68. The Morgan fingerprint density at radius 1 is 1.24 bits per heavy atom. The van der Waals surface area contributed by atoms with Crippen molar-refractivity contribution in [1.82, 2.24) is 20.2 Å². The molecule has 0 spiro atoms. The van der Waals surface area contributed by atoms with Gasteiger partial charge >= 0.3 is 0 Å². The van der Waals surface area contributed by atoms with Crippen LogP contribution in [0.15, 0.2) is 35.1 Å². The molecule has 3 aromatic rings. The third-order valence-electron chi connectivity index (χ3n) is 6.73. The van der Waals surface area contributed by atoms with E-state index < -0.39 is 0 Å². The SMILES string of the molecule is COc1cc(C)[nH]c(=O)c1CNC(=O)c1c(C)n([C@H](C)C2CCNCC2)c2ccccc12.Cl. The predicted octanol–water partition coefficient (Wildman–Crippen LogP) is 3.87. The molecular formula is C25H33ClN4O3. The Bertz CT molecular complexity index is 1190. The number of nitrogens with one attached hydrogen (secondary N) is 3. The first-order valence-electron chi connectivity index (χ1n) is 11.3. The maximum Gasteiger partial charge on any atom is 0.256 e. The van der Waals surface area contributed by atoms with E-state index in [0.717, 1.165) is 42.5 Å². The number of amides is 1. The Morgan fingerprint density at radius 3 is 2.64 bits per heavy atom. The fourth-order valence-electron chi connectivity index (χ4n) is 5.03. The smallest absolute Gasteiger partial charge is 0.256 e. The van der Waals surface area contributed by atoms with E-state index in [1.54, 1.807) is 13.0 Å². The maximum atomic E-state index is 13.4. The molecule has 0 bridgehead atoms. The van der Waals surface area contributed by atoms with Gasteiger partial charge < -0.3 is 24.9 Å². The third-order valence-corrected chi connectivity index (χ3v) is 6.73. The van der Waals surface area contributed by atoms with E-state index in [9.17, 15) is 9.59 Å². The molecule has 2 aromatic heterocycles. The summed E-state index contributed by atoms with van der Waals surface area (Å²) in [7, 11) is 1.53. The van der Waals surface area contributed by atoms with Crippen LogP contribution in [0.2, 0.25) is 0 Å². The number of carbonyl (C=O) groups is 1. The molecule has 1 saturated heterocycles. The number of aromatic nitrogens is 2. The molecule has 1 amide bonds. The van der Waals surface area contributed by atoms with E-state index in [-0.39, 0.29) is 30.4 Å². The molecule has 1 atom stereocenters. The number of rotatable bonds is 6. The second-order valence-corrected chi connectivity index (χ2v) is 8.69. The van der Waals surface area contributed by atoms with Gasteiger partial charge in [0.1, 0.15) is 5.75 Å². The Kier molecular flexibility index (Phi) is 7.87. The average Bonchev–Trinajstić information content (AvgIpc) is 3.09. The number of hydrogen-bond acceptors (Lipinski definition) is 4. The number of hydrogen-bond donors (Lipinski definition) is 3. The Labute approximate surface area is 200 Å². The monoisotopic (exact) mass is 472 g/mol. The van der Waals surface area contributed by atoms with E-state index in [1.165, 1.54) is 7.11 Å². The van der Waals surface area contributed by atoms with Crippen molar-refractivity contribution >= 4 is 29.2 Å². The first-order valence-corrected chi connectivity index (χ1v) is 11.3. The van der Waals surface area contributed by atoms with Crippen LogP contribution < -0.4 is 20.9 Å². The number of aromatic amines is 1. The summed E-state index contributed by atoms with van der Waals surface area (Å²) in [5.41, 5.74) is 3.58. The summed E-state index contributed by atoms with van der Waals surface area (Å²) in [5, 5.41) is 7.32. The quantitative estimate of drug-likeness (QED) is 0.508. The minimum Gasteiger partial charge on any atom is -0.496 e. The van der Waals surface area contributed by atoms with E-state index in [1.807, 2.05) is 25.1 Å².